The quantitative estimate of drug-likeness (QED) is 0.767. The topological polar surface area (TPSA) is 15.3 Å². The third-order valence-electron chi connectivity index (χ3n) is 4.27. The van der Waals surface area contributed by atoms with E-state index in [2.05, 4.69) is 38.0 Å². The molecular weight excluding hydrogens is 208 g/mol. The van der Waals surface area contributed by atoms with E-state index in [0.717, 1.165) is 11.8 Å². The molecule has 0 amide bonds. The third-order valence-corrected chi connectivity index (χ3v) is 4.27. The van der Waals surface area contributed by atoms with Gasteiger partial charge in [0.05, 0.1) is 0 Å². The van der Waals surface area contributed by atoms with Crippen molar-refractivity contribution < 1.29 is 0 Å². The average Bonchev–Trinajstić information content (AvgIpc) is 2.52. The van der Waals surface area contributed by atoms with E-state index < -0.39 is 0 Å². The van der Waals surface area contributed by atoms with Crippen molar-refractivity contribution in [3.05, 3.63) is 0 Å². The molecule has 1 aliphatic rings. The Labute approximate surface area is 108 Å². The molecule has 0 bridgehead atoms. The van der Waals surface area contributed by atoms with E-state index in [0.29, 0.717) is 6.04 Å². The lowest BCUT2D eigenvalue weighted by Crippen LogP contribution is -2.43. The largest absolute Gasteiger partial charge is 0.315 e. The van der Waals surface area contributed by atoms with Gasteiger partial charge in [0.2, 0.25) is 0 Å². The number of nitrogens with zero attached hydrogens (tertiary/aromatic N) is 1. The summed E-state index contributed by atoms with van der Waals surface area (Å²) in [6.07, 6.45) is 7.07. The standard InChI is InChI=1S/C15H32N2/c1-5-7-14-8-6-10-17(11-9-14)12-15(16-4)13(2)3/h13-16H,5-12H2,1-4H3. The number of rotatable bonds is 6. The summed E-state index contributed by atoms with van der Waals surface area (Å²) in [6, 6.07) is 0.651. The maximum absolute atomic E-state index is 3.46. The van der Waals surface area contributed by atoms with Crippen molar-refractivity contribution in [2.24, 2.45) is 11.8 Å². The Morgan fingerprint density at radius 3 is 2.59 bits per heavy atom. The van der Waals surface area contributed by atoms with Gasteiger partial charge in [-0.05, 0) is 51.2 Å². The second kappa shape index (κ2) is 8.10. The molecule has 102 valence electrons. The molecule has 0 saturated carbocycles. The Balaban J connectivity index is 2.35. The predicted molar refractivity (Wildman–Crippen MR) is 76.4 cm³/mol. The minimum absolute atomic E-state index is 0.651. The molecule has 1 N–H and O–H groups in total. The van der Waals surface area contributed by atoms with E-state index in [1.54, 1.807) is 0 Å². The molecule has 1 rings (SSSR count). The fourth-order valence-electron chi connectivity index (χ4n) is 3.02. The summed E-state index contributed by atoms with van der Waals surface area (Å²) in [5.41, 5.74) is 0. The van der Waals surface area contributed by atoms with E-state index in [9.17, 15) is 0 Å². The van der Waals surface area contributed by atoms with E-state index in [1.807, 2.05) is 0 Å². The van der Waals surface area contributed by atoms with Gasteiger partial charge in [-0.1, -0.05) is 33.6 Å². The van der Waals surface area contributed by atoms with Crippen molar-refractivity contribution in [3.8, 4) is 0 Å². The Morgan fingerprint density at radius 1 is 1.24 bits per heavy atom. The normalized spacial score (nSPS) is 24.9. The van der Waals surface area contributed by atoms with Gasteiger partial charge in [0.25, 0.3) is 0 Å². The highest BCUT2D eigenvalue weighted by Crippen LogP contribution is 2.22. The summed E-state index contributed by atoms with van der Waals surface area (Å²) in [6.45, 7) is 10.8. The maximum atomic E-state index is 3.46. The molecule has 0 aromatic heterocycles. The Morgan fingerprint density at radius 2 is 2.00 bits per heavy atom. The first-order chi connectivity index (χ1) is 8.17. The molecule has 1 fully saturated rings. The first-order valence-corrected chi connectivity index (χ1v) is 7.57. The number of hydrogen-bond donors (Lipinski definition) is 1. The van der Waals surface area contributed by atoms with Gasteiger partial charge in [-0.15, -0.1) is 0 Å². The monoisotopic (exact) mass is 240 g/mol. The lowest BCUT2D eigenvalue weighted by atomic mass is 9.96. The molecule has 1 aliphatic heterocycles. The van der Waals surface area contributed by atoms with E-state index in [1.165, 1.54) is 51.7 Å². The first kappa shape index (κ1) is 15.0. The molecule has 0 aliphatic carbocycles. The Hall–Kier alpha value is -0.0800. The SMILES string of the molecule is CCCC1CCCN(CC(NC)C(C)C)CC1. The van der Waals surface area contributed by atoms with Gasteiger partial charge in [0.1, 0.15) is 0 Å². The molecule has 2 unspecified atom stereocenters. The highest BCUT2D eigenvalue weighted by Gasteiger charge is 2.20. The van der Waals surface area contributed by atoms with E-state index >= 15 is 0 Å². The lowest BCUT2D eigenvalue weighted by Gasteiger charge is -2.28. The second-order valence-electron chi connectivity index (χ2n) is 6.03. The van der Waals surface area contributed by atoms with Crippen molar-refractivity contribution in [2.75, 3.05) is 26.7 Å². The fourth-order valence-corrected chi connectivity index (χ4v) is 3.02. The fraction of sp³-hybridized carbons (Fsp3) is 1.00. The van der Waals surface area contributed by atoms with Crippen LogP contribution in [0.5, 0.6) is 0 Å². The van der Waals surface area contributed by atoms with Crippen molar-refractivity contribution in [2.45, 2.75) is 58.9 Å². The average molecular weight is 240 g/mol. The molecular formula is C15H32N2. The number of nitrogens with one attached hydrogen (secondary N) is 1. The van der Waals surface area contributed by atoms with Gasteiger partial charge in [-0.25, -0.2) is 0 Å². The summed E-state index contributed by atoms with van der Waals surface area (Å²) >= 11 is 0. The summed E-state index contributed by atoms with van der Waals surface area (Å²) in [7, 11) is 2.10. The number of likely N-dealkylation sites (N-methyl/N-ethyl adjacent to an activating group) is 1. The highest BCUT2D eigenvalue weighted by atomic mass is 15.1. The number of likely N-dealkylation sites (tertiary alicyclic amines) is 1. The van der Waals surface area contributed by atoms with Crippen molar-refractivity contribution >= 4 is 0 Å². The van der Waals surface area contributed by atoms with E-state index in [4.69, 9.17) is 0 Å². The van der Waals surface area contributed by atoms with Gasteiger partial charge in [0.15, 0.2) is 0 Å². The summed E-state index contributed by atoms with van der Waals surface area (Å²) in [5, 5.41) is 3.46. The summed E-state index contributed by atoms with van der Waals surface area (Å²) < 4.78 is 0. The Bertz CT molecular complexity index is 191. The zero-order valence-corrected chi connectivity index (χ0v) is 12.3. The van der Waals surface area contributed by atoms with Gasteiger partial charge < -0.3 is 10.2 Å². The maximum Gasteiger partial charge on any atom is 0.0214 e. The van der Waals surface area contributed by atoms with Gasteiger partial charge >= 0.3 is 0 Å². The van der Waals surface area contributed by atoms with Gasteiger partial charge in [-0.3, -0.25) is 0 Å². The molecule has 0 aromatic carbocycles. The van der Waals surface area contributed by atoms with Crippen LogP contribution in [0, 0.1) is 11.8 Å². The molecule has 17 heavy (non-hydrogen) atoms. The van der Waals surface area contributed by atoms with Crippen LogP contribution in [0.1, 0.15) is 52.9 Å². The zero-order valence-electron chi connectivity index (χ0n) is 12.3. The minimum atomic E-state index is 0.651. The molecule has 2 nitrogen and oxygen atoms in total. The third kappa shape index (κ3) is 5.39. The van der Waals surface area contributed by atoms with Crippen LogP contribution >= 0.6 is 0 Å². The Kier molecular flexibility index (Phi) is 7.14. The van der Waals surface area contributed by atoms with Gasteiger partial charge in [0, 0.05) is 12.6 Å². The molecule has 0 spiro atoms. The van der Waals surface area contributed by atoms with E-state index in [-0.39, 0.29) is 0 Å². The van der Waals surface area contributed by atoms with Crippen LogP contribution in [0.15, 0.2) is 0 Å². The van der Waals surface area contributed by atoms with Crippen molar-refractivity contribution in [3.63, 3.8) is 0 Å². The predicted octanol–water partition coefficient (Wildman–Crippen LogP) is 3.13. The molecule has 1 saturated heterocycles. The molecule has 2 heteroatoms. The van der Waals surface area contributed by atoms with Crippen LogP contribution in [0.25, 0.3) is 0 Å². The second-order valence-corrected chi connectivity index (χ2v) is 6.03. The van der Waals surface area contributed by atoms with Crippen molar-refractivity contribution in [1.82, 2.24) is 10.2 Å². The van der Waals surface area contributed by atoms with Gasteiger partial charge in [-0.2, -0.15) is 0 Å². The molecule has 0 radical (unpaired) electrons. The molecule has 2 atom stereocenters. The zero-order chi connectivity index (χ0) is 12.7. The number of hydrogen-bond acceptors (Lipinski definition) is 2. The first-order valence-electron chi connectivity index (χ1n) is 7.57. The summed E-state index contributed by atoms with van der Waals surface area (Å²) in [5.74, 6) is 1.73. The van der Waals surface area contributed by atoms with Crippen LogP contribution < -0.4 is 5.32 Å². The van der Waals surface area contributed by atoms with Crippen molar-refractivity contribution in [1.29, 1.82) is 0 Å². The minimum Gasteiger partial charge on any atom is -0.315 e. The van der Waals surface area contributed by atoms with Crippen LogP contribution in [-0.4, -0.2) is 37.6 Å². The van der Waals surface area contributed by atoms with Crippen LogP contribution in [0.2, 0.25) is 0 Å². The smallest absolute Gasteiger partial charge is 0.0214 e. The lowest BCUT2D eigenvalue weighted by molar-refractivity contribution is 0.227. The summed E-state index contributed by atoms with van der Waals surface area (Å²) in [4.78, 5) is 2.68. The van der Waals surface area contributed by atoms with Crippen LogP contribution in [0.3, 0.4) is 0 Å². The molecule has 0 aromatic rings. The highest BCUT2D eigenvalue weighted by molar-refractivity contribution is 4.77. The molecule has 1 heterocycles. The van der Waals surface area contributed by atoms with Crippen LogP contribution in [0.4, 0.5) is 0 Å². The van der Waals surface area contributed by atoms with Crippen LogP contribution in [-0.2, 0) is 0 Å².